The molecule has 1 aliphatic rings. The van der Waals surface area contributed by atoms with Crippen LogP contribution >= 0.6 is 0 Å². The number of benzene rings is 7. The fourth-order valence-corrected chi connectivity index (χ4v) is 8.22. The van der Waals surface area contributed by atoms with E-state index < -0.39 is 0 Å². The molecule has 0 unspecified atom stereocenters. The summed E-state index contributed by atoms with van der Waals surface area (Å²) in [5.41, 5.74) is 11.2. The molecule has 0 N–H and O–H groups in total. The monoisotopic (exact) mass is 671 g/mol. The molecule has 252 valence electrons. The van der Waals surface area contributed by atoms with Crippen molar-refractivity contribution >= 4 is 21.5 Å². The van der Waals surface area contributed by atoms with Crippen LogP contribution in [0.25, 0.3) is 78.0 Å². The van der Waals surface area contributed by atoms with Crippen molar-refractivity contribution in [2.24, 2.45) is 0 Å². The van der Waals surface area contributed by atoms with Crippen LogP contribution in [0.1, 0.15) is 51.7 Å². The summed E-state index contributed by atoms with van der Waals surface area (Å²) in [5.74, 6) is 1.98. The third-order valence-electron chi connectivity index (χ3n) is 11.2. The quantitative estimate of drug-likeness (QED) is 0.171. The third kappa shape index (κ3) is 5.49. The zero-order chi connectivity index (χ0) is 35.5. The van der Waals surface area contributed by atoms with E-state index in [0.717, 1.165) is 22.3 Å². The summed E-state index contributed by atoms with van der Waals surface area (Å²) in [5, 5.41) is 5.04. The minimum atomic E-state index is 0.135. The van der Waals surface area contributed by atoms with Crippen LogP contribution in [-0.4, -0.2) is 15.0 Å². The molecular weight excluding hydrogens is 631 g/mol. The van der Waals surface area contributed by atoms with E-state index in [1.807, 2.05) is 60.7 Å². The molecule has 8 aromatic rings. The van der Waals surface area contributed by atoms with Crippen molar-refractivity contribution in [3.63, 3.8) is 0 Å². The summed E-state index contributed by atoms with van der Waals surface area (Å²) < 4.78 is 0. The highest BCUT2D eigenvalue weighted by molar-refractivity contribution is 6.21. The van der Waals surface area contributed by atoms with Crippen LogP contribution in [0.5, 0.6) is 0 Å². The van der Waals surface area contributed by atoms with Crippen LogP contribution in [-0.2, 0) is 10.8 Å². The summed E-state index contributed by atoms with van der Waals surface area (Å²) >= 11 is 0. The van der Waals surface area contributed by atoms with Gasteiger partial charge in [0.2, 0.25) is 0 Å². The fourth-order valence-electron chi connectivity index (χ4n) is 8.22. The molecule has 0 amide bonds. The lowest BCUT2D eigenvalue weighted by atomic mass is 9.63. The smallest absolute Gasteiger partial charge is 0.164 e. The van der Waals surface area contributed by atoms with Gasteiger partial charge in [0.25, 0.3) is 0 Å². The lowest BCUT2D eigenvalue weighted by molar-refractivity contribution is 0.332. The van der Waals surface area contributed by atoms with Crippen LogP contribution < -0.4 is 0 Å². The molecule has 0 saturated heterocycles. The summed E-state index contributed by atoms with van der Waals surface area (Å²) in [4.78, 5) is 14.8. The largest absolute Gasteiger partial charge is 0.208 e. The summed E-state index contributed by atoms with van der Waals surface area (Å²) in [6, 6.07) is 54.1. The molecule has 3 nitrogen and oxygen atoms in total. The van der Waals surface area contributed by atoms with Crippen LogP contribution in [0, 0.1) is 0 Å². The second-order valence-electron chi connectivity index (χ2n) is 15.5. The minimum Gasteiger partial charge on any atom is -0.208 e. The van der Waals surface area contributed by atoms with Crippen LogP contribution in [0.2, 0.25) is 0 Å². The molecule has 7 aromatic carbocycles. The lowest BCUT2D eigenvalue weighted by Crippen LogP contribution is -2.33. The zero-order valence-electron chi connectivity index (χ0n) is 30.2. The van der Waals surface area contributed by atoms with Gasteiger partial charge in [-0.2, -0.15) is 0 Å². The number of fused-ring (bicyclic) bond motifs is 3. The van der Waals surface area contributed by atoms with E-state index in [4.69, 9.17) is 15.0 Å². The van der Waals surface area contributed by atoms with Crippen LogP contribution in [0.3, 0.4) is 0 Å². The Balaban J connectivity index is 1.20. The Morgan fingerprint density at radius 1 is 0.346 bits per heavy atom. The average molecular weight is 672 g/mol. The molecule has 52 heavy (non-hydrogen) atoms. The number of hydrogen-bond acceptors (Lipinski definition) is 3. The van der Waals surface area contributed by atoms with E-state index in [-0.39, 0.29) is 10.8 Å². The Morgan fingerprint density at radius 2 is 0.692 bits per heavy atom. The van der Waals surface area contributed by atoms with Crippen molar-refractivity contribution in [2.75, 3.05) is 0 Å². The molecule has 0 saturated carbocycles. The Morgan fingerprint density at radius 3 is 1.15 bits per heavy atom. The number of aromatic nitrogens is 3. The highest BCUT2D eigenvalue weighted by atomic mass is 15.0. The molecule has 3 heteroatoms. The Hall–Kier alpha value is -5.93. The van der Waals surface area contributed by atoms with Gasteiger partial charge in [-0.3, -0.25) is 0 Å². The first-order valence-electron chi connectivity index (χ1n) is 18.3. The first-order chi connectivity index (χ1) is 25.3. The molecule has 1 heterocycles. The molecule has 1 aliphatic carbocycles. The Bertz CT molecular complexity index is 2490. The van der Waals surface area contributed by atoms with Gasteiger partial charge >= 0.3 is 0 Å². The second kappa shape index (κ2) is 12.4. The van der Waals surface area contributed by atoms with Crippen molar-refractivity contribution in [3.8, 4) is 56.4 Å². The van der Waals surface area contributed by atoms with Gasteiger partial charge in [0, 0.05) is 16.7 Å². The van der Waals surface area contributed by atoms with Gasteiger partial charge in [-0.15, -0.1) is 0 Å². The molecule has 0 bridgehead atoms. The van der Waals surface area contributed by atoms with Gasteiger partial charge in [0.05, 0.1) is 0 Å². The molecule has 0 fully saturated rings. The van der Waals surface area contributed by atoms with Crippen LogP contribution in [0.4, 0.5) is 0 Å². The maximum atomic E-state index is 4.97. The van der Waals surface area contributed by atoms with Gasteiger partial charge in [-0.05, 0) is 78.6 Å². The van der Waals surface area contributed by atoms with E-state index >= 15 is 0 Å². The van der Waals surface area contributed by atoms with E-state index in [1.165, 1.54) is 62.2 Å². The van der Waals surface area contributed by atoms with Crippen molar-refractivity contribution in [3.05, 3.63) is 163 Å². The summed E-state index contributed by atoms with van der Waals surface area (Å²) in [6.07, 6.45) is 2.40. The Kier molecular flexibility index (Phi) is 7.62. The van der Waals surface area contributed by atoms with Gasteiger partial charge in [0.1, 0.15) is 0 Å². The third-order valence-corrected chi connectivity index (χ3v) is 11.2. The predicted octanol–water partition coefficient (Wildman–Crippen LogP) is 12.9. The molecule has 0 atom stereocenters. The van der Waals surface area contributed by atoms with Gasteiger partial charge < -0.3 is 0 Å². The van der Waals surface area contributed by atoms with Crippen molar-refractivity contribution in [1.29, 1.82) is 0 Å². The number of rotatable bonds is 5. The van der Waals surface area contributed by atoms with Gasteiger partial charge in [-0.25, -0.2) is 15.0 Å². The van der Waals surface area contributed by atoms with Crippen LogP contribution in [0.15, 0.2) is 152 Å². The predicted molar refractivity (Wildman–Crippen MR) is 217 cm³/mol. The standard InChI is InChI=1S/C49H41N3/c1-48(2)29-30-49(3,4)42-31-36(27-28-41(42)48)44-39-21-13-11-19-37(39)43(38-20-12-14-22-40(38)44)32-23-25-35(26-24-32)47-51-45(33-15-7-5-8-16-33)50-46(52-47)34-17-9-6-10-18-34/h5-28,31H,29-30H2,1-4H3. The van der Waals surface area contributed by atoms with Crippen molar-refractivity contribution in [2.45, 2.75) is 51.4 Å². The first-order valence-corrected chi connectivity index (χ1v) is 18.3. The van der Waals surface area contributed by atoms with E-state index in [0.29, 0.717) is 17.5 Å². The number of hydrogen-bond donors (Lipinski definition) is 0. The molecule has 0 aliphatic heterocycles. The molecular formula is C49H41N3. The number of nitrogens with zero attached hydrogens (tertiary/aromatic N) is 3. The van der Waals surface area contributed by atoms with E-state index in [1.54, 1.807) is 0 Å². The van der Waals surface area contributed by atoms with E-state index in [2.05, 4.69) is 119 Å². The SMILES string of the molecule is CC1(C)CCC(C)(C)c2cc(-c3c4ccccc4c(-c4ccc(-c5nc(-c6ccccc6)nc(-c6ccccc6)n5)cc4)c4ccccc34)ccc21. The first kappa shape index (κ1) is 32.0. The normalized spacial score (nSPS) is 14.7. The highest BCUT2D eigenvalue weighted by Crippen LogP contribution is 2.49. The molecule has 9 rings (SSSR count). The second-order valence-corrected chi connectivity index (χ2v) is 15.5. The summed E-state index contributed by atoms with van der Waals surface area (Å²) in [6.45, 7) is 9.62. The maximum absolute atomic E-state index is 4.97. The highest BCUT2D eigenvalue weighted by Gasteiger charge is 2.37. The zero-order valence-corrected chi connectivity index (χ0v) is 30.2. The van der Waals surface area contributed by atoms with Gasteiger partial charge in [-0.1, -0.05) is 179 Å². The molecule has 0 radical (unpaired) electrons. The molecule has 0 spiro atoms. The van der Waals surface area contributed by atoms with Gasteiger partial charge in [0.15, 0.2) is 17.5 Å². The van der Waals surface area contributed by atoms with E-state index in [9.17, 15) is 0 Å². The molecule has 1 aromatic heterocycles. The van der Waals surface area contributed by atoms with Crippen molar-refractivity contribution < 1.29 is 0 Å². The minimum absolute atomic E-state index is 0.135. The lowest BCUT2D eigenvalue weighted by Gasteiger charge is -2.42. The average Bonchev–Trinajstić information content (AvgIpc) is 3.19. The van der Waals surface area contributed by atoms with Crippen molar-refractivity contribution in [1.82, 2.24) is 15.0 Å². The fraction of sp³-hybridized carbons (Fsp3) is 0.163. The Labute approximate surface area is 306 Å². The maximum Gasteiger partial charge on any atom is 0.164 e. The summed E-state index contributed by atoms with van der Waals surface area (Å²) in [7, 11) is 0. The topological polar surface area (TPSA) is 38.7 Å².